The molecule has 0 radical (unpaired) electrons. The number of hydrogen-bond donors (Lipinski definition) is 1. The monoisotopic (exact) mass is 251 g/mol. The molecule has 0 aliphatic rings. The fraction of sp³-hybridized carbons (Fsp3) is 0.182. The molecule has 0 fully saturated rings. The number of esters is 1. The number of rotatable bonds is 4. The Kier molecular flexibility index (Phi) is 4.98. The molecule has 0 aromatic heterocycles. The van der Waals surface area contributed by atoms with Crippen LogP contribution in [0.25, 0.3) is 0 Å². The third-order valence-corrected chi connectivity index (χ3v) is 1.93. The second-order valence-corrected chi connectivity index (χ2v) is 3.35. The molecule has 1 aromatic rings. The van der Waals surface area contributed by atoms with E-state index in [4.69, 9.17) is 16.9 Å². The van der Waals surface area contributed by atoms with E-state index in [-0.39, 0.29) is 12.3 Å². The third-order valence-electron chi connectivity index (χ3n) is 1.70. The van der Waals surface area contributed by atoms with Crippen molar-refractivity contribution < 1.29 is 9.53 Å². The maximum absolute atomic E-state index is 11.2. The summed E-state index contributed by atoms with van der Waals surface area (Å²) in [6.45, 7) is 1.84. The number of carbonyl (C=O) groups is 1. The van der Waals surface area contributed by atoms with Gasteiger partial charge in [-0.05, 0) is 25.1 Å². The number of benzene rings is 1. The van der Waals surface area contributed by atoms with E-state index < -0.39 is 5.97 Å². The number of ether oxygens (including phenoxy) is 1. The third kappa shape index (κ3) is 4.13. The number of hydrazone groups is 1. The molecule has 0 unspecified atom stereocenters. The van der Waals surface area contributed by atoms with Crippen LogP contribution in [0.15, 0.2) is 29.4 Å². The summed E-state index contributed by atoms with van der Waals surface area (Å²) in [6.07, 6.45) is 0. The van der Waals surface area contributed by atoms with Crippen LogP contribution in [0.4, 0.5) is 5.69 Å². The van der Waals surface area contributed by atoms with Crippen molar-refractivity contribution in [2.24, 2.45) is 5.10 Å². The van der Waals surface area contributed by atoms with Gasteiger partial charge in [-0.25, -0.2) is 4.79 Å². The predicted octanol–water partition coefficient (Wildman–Crippen LogP) is 2.19. The minimum absolute atomic E-state index is 0.191. The van der Waals surface area contributed by atoms with Crippen molar-refractivity contribution in [2.45, 2.75) is 6.92 Å². The van der Waals surface area contributed by atoms with Gasteiger partial charge in [-0.3, -0.25) is 5.43 Å². The Balaban J connectivity index is 2.75. The van der Waals surface area contributed by atoms with E-state index in [0.29, 0.717) is 10.7 Å². The maximum Gasteiger partial charge on any atom is 0.369 e. The highest BCUT2D eigenvalue weighted by Crippen LogP contribution is 2.14. The number of anilines is 1. The zero-order valence-corrected chi connectivity index (χ0v) is 9.86. The molecule has 0 saturated carbocycles. The first kappa shape index (κ1) is 13.0. The van der Waals surface area contributed by atoms with Gasteiger partial charge in [0.05, 0.1) is 12.3 Å². The summed E-state index contributed by atoms with van der Waals surface area (Å²) in [5, 5.41) is 12.9. The van der Waals surface area contributed by atoms with Crippen LogP contribution in [0, 0.1) is 11.3 Å². The second-order valence-electron chi connectivity index (χ2n) is 2.91. The Hall–Kier alpha value is -2.06. The average Bonchev–Trinajstić information content (AvgIpc) is 2.30. The van der Waals surface area contributed by atoms with Crippen molar-refractivity contribution in [3.8, 4) is 6.07 Å². The van der Waals surface area contributed by atoms with E-state index >= 15 is 0 Å². The van der Waals surface area contributed by atoms with Crippen molar-refractivity contribution in [1.29, 1.82) is 5.26 Å². The molecule has 0 atom stereocenters. The van der Waals surface area contributed by atoms with Crippen LogP contribution in [-0.2, 0) is 9.53 Å². The molecule has 1 rings (SSSR count). The van der Waals surface area contributed by atoms with Gasteiger partial charge in [-0.2, -0.15) is 10.4 Å². The second kappa shape index (κ2) is 6.51. The first-order valence-corrected chi connectivity index (χ1v) is 5.21. The molecule has 0 aliphatic carbocycles. The molecular formula is C11H10ClN3O2. The molecule has 0 saturated heterocycles. The van der Waals surface area contributed by atoms with Crippen molar-refractivity contribution in [3.05, 3.63) is 29.3 Å². The Labute approximate surface area is 104 Å². The Bertz CT molecular complexity index is 480. The van der Waals surface area contributed by atoms with Crippen LogP contribution in [0.1, 0.15) is 6.92 Å². The van der Waals surface area contributed by atoms with Gasteiger partial charge >= 0.3 is 5.97 Å². The fourth-order valence-corrected chi connectivity index (χ4v) is 1.18. The van der Waals surface area contributed by atoms with E-state index in [0.717, 1.165) is 0 Å². The smallest absolute Gasteiger partial charge is 0.369 e. The lowest BCUT2D eigenvalue weighted by Crippen LogP contribution is -2.17. The normalized spacial score (nSPS) is 10.5. The Morgan fingerprint density at radius 3 is 3.00 bits per heavy atom. The molecule has 1 N–H and O–H groups in total. The highest BCUT2D eigenvalue weighted by molar-refractivity contribution is 6.43. The molecule has 5 nitrogen and oxygen atoms in total. The standard InChI is InChI=1S/C11H10ClN3O2/c1-2-17-11(16)10(7-13)15-14-9-5-3-4-8(12)6-9/h3-6,14H,2H2,1H3/b15-10+. The number of nitriles is 1. The van der Waals surface area contributed by atoms with Gasteiger partial charge in [0.25, 0.3) is 0 Å². The summed E-state index contributed by atoms with van der Waals surface area (Å²) in [6, 6.07) is 8.39. The zero-order valence-electron chi connectivity index (χ0n) is 9.11. The van der Waals surface area contributed by atoms with Crippen molar-refractivity contribution in [1.82, 2.24) is 0 Å². The molecule has 0 aliphatic heterocycles. The highest BCUT2D eigenvalue weighted by atomic mass is 35.5. The summed E-state index contributed by atoms with van der Waals surface area (Å²) >= 11 is 5.76. The lowest BCUT2D eigenvalue weighted by atomic mass is 10.3. The molecule has 88 valence electrons. The largest absolute Gasteiger partial charge is 0.461 e. The maximum atomic E-state index is 11.2. The number of carbonyl (C=O) groups excluding carboxylic acids is 1. The number of nitrogens with one attached hydrogen (secondary N) is 1. The topological polar surface area (TPSA) is 74.5 Å². The van der Waals surface area contributed by atoms with Gasteiger partial charge in [-0.1, -0.05) is 17.7 Å². The van der Waals surface area contributed by atoms with Crippen LogP contribution in [0.5, 0.6) is 0 Å². The number of nitrogens with zero attached hydrogens (tertiary/aromatic N) is 2. The number of halogens is 1. The lowest BCUT2D eigenvalue weighted by molar-refractivity contribution is -0.134. The summed E-state index contributed by atoms with van der Waals surface area (Å²) in [5.41, 5.74) is 2.79. The van der Waals surface area contributed by atoms with E-state index in [9.17, 15) is 4.79 Å². The first-order valence-electron chi connectivity index (χ1n) is 4.84. The minimum atomic E-state index is -0.760. The molecule has 0 heterocycles. The number of hydrogen-bond acceptors (Lipinski definition) is 5. The lowest BCUT2D eigenvalue weighted by Gasteiger charge is -2.02. The molecule has 0 amide bonds. The van der Waals surface area contributed by atoms with Crippen LogP contribution in [0.3, 0.4) is 0 Å². The van der Waals surface area contributed by atoms with Crippen LogP contribution in [0.2, 0.25) is 5.02 Å². The molecule has 17 heavy (non-hydrogen) atoms. The van der Waals surface area contributed by atoms with Gasteiger partial charge in [0, 0.05) is 5.02 Å². The van der Waals surface area contributed by atoms with Crippen LogP contribution >= 0.6 is 11.6 Å². The van der Waals surface area contributed by atoms with Gasteiger partial charge < -0.3 is 4.74 Å². The summed E-state index contributed by atoms with van der Waals surface area (Å²) in [5.74, 6) is -0.760. The quantitative estimate of drug-likeness (QED) is 0.506. The Morgan fingerprint density at radius 2 is 2.41 bits per heavy atom. The summed E-state index contributed by atoms with van der Waals surface area (Å²) in [7, 11) is 0. The average molecular weight is 252 g/mol. The summed E-state index contributed by atoms with van der Waals surface area (Å²) in [4.78, 5) is 11.2. The van der Waals surface area contributed by atoms with Crippen molar-refractivity contribution in [3.63, 3.8) is 0 Å². The molecule has 6 heteroatoms. The van der Waals surface area contributed by atoms with E-state index in [2.05, 4.69) is 15.3 Å². The van der Waals surface area contributed by atoms with E-state index in [1.165, 1.54) is 0 Å². The Morgan fingerprint density at radius 1 is 1.65 bits per heavy atom. The molecule has 1 aromatic carbocycles. The first-order chi connectivity index (χ1) is 8.17. The van der Waals surface area contributed by atoms with E-state index in [1.54, 1.807) is 37.3 Å². The highest BCUT2D eigenvalue weighted by Gasteiger charge is 2.11. The SMILES string of the molecule is CCOC(=O)/C(C#N)=N/Nc1cccc(Cl)c1. The van der Waals surface area contributed by atoms with Gasteiger partial charge in [0.2, 0.25) is 5.71 Å². The van der Waals surface area contributed by atoms with Crippen molar-refractivity contribution in [2.75, 3.05) is 12.0 Å². The fourth-order valence-electron chi connectivity index (χ4n) is 0.994. The zero-order chi connectivity index (χ0) is 12.7. The molecule has 0 spiro atoms. The van der Waals surface area contributed by atoms with Crippen LogP contribution in [-0.4, -0.2) is 18.3 Å². The van der Waals surface area contributed by atoms with E-state index in [1.807, 2.05) is 0 Å². The van der Waals surface area contributed by atoms with Crippen LogP contribution < -0.4 is 5.43 Å². The summed E-state index contributed by atoms with van der Waals surface area (Å²) < 4.78 is 4.65. The predicted molar refractivity (Wildman–Crippen MR) is 64.8 cm³/mol. The van der Waals surface area contributed by atoms with Gasteiger partial charge in [0.1, 0.15) is 6.07 Å². The molecule has 0 bridgehead atoms. The molecular weight excluding hydrogens is 242 g/mol. The van der Waals surface area contributed by atoms with Gasteiger partial charge in [-0.15, -0.1) is 0 Å². The van der Waals surface area contributed by atoms with Gasteiger partial charge in [0.15, 0.2) is 0 Å². The minimum Gasteiger partial charge on any atom is -0.461 e. The van der Waals surface area contributed by atoms with Crippen molar-refractivity contribution >= 4 is 29.0 Å².